The molecule has 0 fully saturated rings. The zero-order valence-electron chi connectivity index (χ0n) is 13.4. The smallest absolute Gasteiger partial charge is 0.119 e. The topological polar surface area (TPSA) is 40.1 Å². The standard InChI is InChI=1S/C16H33NO2/c1-5-6-7-8-9-10-11-12-13-15(2)17(3,4)14-16(18)19/h15H,5-14H2,1-4H3. The van der Waals surface area contributed by atoms with Gasteiger partial charge in [-0.05, 0) is 19.8 Å². The second-order valence-electron chi connectivity index (χ2n) is 6.42. The molecule has 1 unspecified atom stereocenters. The number of nitrogens with zero attached hydrogens (tertiary/aromatic N) is 1. The van der Waals surface area contributed by atoms with Crippen molar-refractivity contribution < 1.29 is 14.4 Å². The quantitative estimate of drug-likeness (QED) is 0.404. The van der Waals surface area contributed by atoms with E-state index in [1.807, 2.05) is 14.1 Å². The molecule has 0 aliphatic carbocycles. The van der Waals surface area contributed by atoms with Crippen LogP contribution in [0.3, 0.4) is 0 Å². The Kier molecular flexibility index (Phi) is 9.94. The summed E-state index contributed by atoms with van der Waals surface area (Å²) in [7, 11) is 3.95. The second-order valence-corrected chi connectivity index (χ2v) is 6.42. The highest BCUT2D eigenvalue weighted by atomic mass is 16.4. The van der Waals surface area contributed by atoms with Crippen molar-refractivity contribution in [2.24, 2.45) is 0 Å². The number of likely N-dealkylation sites (N-methyl/N-ethyl adjacent to an activating group) is 1. The molecule has 0 aromatic heterocycles. The first kappa shape index (κ1) is 18.4. The Bertz CT molecular complexity index is 239. The van der Waals surface area contributed by atoms with Gasteiger partial charge in [0.15, 0.2) is 0 Å². The Morgan fingerprint density at radius 3 is 1.95 bits per heavy atom. The molecule has 3 nitrogen and oxygen atoms in total. The van der Waals surface area contributed by atoms with Gasteiger partial charge in [-0.15, -0.1) is 0 Å². The third-order valence-electron chi connectivity index (χ3n) is 4.21. The zero-order chi connectivity index (χ0) is 14.7. The van der Waals surface area contributed by atoms with E-state index in [2.05, 4.69) is 13.8 Å². The van der Waals surface area contributed by atoms with Gasteiger partial charge in [0.2, 0.25) is 0 Å². The number of hydrogen-bond acceptors (Lipinski definition) is 2. The lowest BCUT2D eigenvalue weighted by molar-refractivity contribution is -0.908. The fourth-order valence-corrected chi connectivity index (χ4v) is 2.41. The van der Waals surface area contributed by atoms with Crippen LogP contribution < -0.4 is 5.11 Å². The van der Waals surface area contributed by atoms with E-state index in [0.29, 0.717) is 10.5 Å². The molecule has 0 amide bonds. The maximum Gasteiger partial charge on any atom is 0.119 e. The van der Waals surface area contributed by atoms with Gasteiger partial charge in [0.05, 0.1) is 26.1 Å². The summed E-state index contributed by atoms with van der Waals surface area (Å²) < 4.78 is 0.527. The molecule has 1 atom stereocenters. The van der Waals surface area contributed by atoms with E-state index in [1.165, 1.54) is 51.4 Å². The van der Waals surface area contributed by atoms with Crippen molar-refractivity contribution in [1.29, 1.82) is 0 Å². The molecule has 0 bridgehead atoms. The van der Waals surface area contributed by atoms with Gasteiger partial charge < -0.3 is 14.4 Å². The minimum atomic E-state index is -0.951. The van der Waals surface area contributed by atoms with Crippen LogP contribution in [0.4, 0.5) is 0 Å². The van der Waals surface area contributed by atoms with Crippen LogP contribution in [0.5, 0.6) is 0 Å². The average molecular weight is 271 g/mol. The van der Waals surface area contributed by atoms with Crippen molar-refractivity contribution in [2.75, 3.05) is 20.6 Å². The summed E-state index contributed by atoms with van der Waals surface area (Å²) in [5.74, 6) is -0.951. The molecular formula is C16H33NO2. The predicted octanol–water partition coefficient (Wildman–Crippen LogP) is 2.73. The third-order valence-corrected chi connectivity index (χ3v) is 4.21. The Hall–Kier alpha value is -0.570. The summed E-state index contributed by atoms with van der Waals surface area (Å²) in [5, 5.41) is 10.7. The average Bonchev–Trinajstić information content (AvgIpc) is 2.30. The number of carboxylic acid groups (broad SMARTS) is 1. The number of carboxylic acids is 1. The van der Waals surface area contributed by atoms with E-state index >= 15 is 0 Å². The van der Waals surface area contributed by atoms with Gasteiger partial charge in [0.25, 0.3) is 0 Å². The molecule has 0 heterocycles. The monoisotopic (exact) mass is 271 g/mol. The lowest BCUT2D eigenvalue weighted by atomic mass is 10.0. The molecule has 114 valence electrons. The summed E-state index contributed by atoms with van der Waals surface area (Å²) in [6, 6.07) is 0.387. The fourth-order valence-electron chi connectivity index (χ4n) is 2.41. The lowest BCUT2D eigenvalue weighted by Crippen LogP contribution is -2.53. The number of carbonyl (C=O) groups is 1. The second kappa shape index (κ2) is 10.2. The molecule has 0 spiro atoms. The van der Waals surface area contributed by atoms with E-state index in [0.717, 1.165) is 6.42 Å². The number of rotatable bonds is 12. The molecule has 0 saturated carbocycles. The first-order valence-corrected chi connectivity index (χ1v) is 7.92. The zero-order valence-corrected chi connectivity index (χ0v) is 13.4. The van der Waals surface area contributed by atoms with Gasteiger partial charge in [-0.1, -0.05) is 51.9 Å². The van der Waals surface area contributed by atoms with Crippen molar-refractivity contribution in [3.8, 4) is 0 Å². The van der Waals surface area contributed by atoms with Crippen LogP contribution in [-0.4, -0.2) is 37.1 Å². The fraction of sp³-hybridized carbons (Fsp3) is 0.938. The summed E-state index contributed by atoms with van der Waals surface area (Å²) in [5.41, 5.74) is 0. The van der Waals surface area contributed by atoms with Crippen LogP contribution in [0.1, 0.15) is 71.6 Å². The van der Waals surface area contributed by atoms with Crippen LogP contribution in [-0.2, 0) is 4.79 Å². The predicted molar refractivity (Wildman–Crippen MR) is 78.7 cm³/mol. The SMILES string of the molecule is CCCCCCCCCCC(C)[N+](C)(C)CC(=O)[O-]. The Morgan fingerprint density at radius 2 is 1.47 bits per heavy atom. The van der Waals surface area contributed by atoms with Gasteiger partial charge in [-0.3, -0.25) is 0 Å². The Morgan fingerprint density at radius 1 is 1.00 bits per heavy atom. The number of carbonyl (C=O) groups excluding carboxylic acids is 1. The van der Waals surface area contributed by atoms with Crippen molar-refractivity contribution in [3.63, 3.8) is 0 Å². The summed E-state index contributed by atoms with van der Waals surface area (Å²) in [6.45, 7) is 4.50. The summed E-state index contributed by atoms with van der Waals surface area (Å²) in [4.78, 5) is 10.7. The van der Waals surface area contributed by atoms with E-state index in [9.17, 15) is 9.90 Å². The molecule has 0 N–H and O–H groups in total. The Balaban J connectivity index is 3.57. The number of hydrogen-bond donors (Lipinski definition) is 0. The molecule has 0 radical (unpaired) electrons. The highest BCUT2D eigenvalue weighted by molar-refractivity contribution is 5.65. The van der Waals surface area contributed by atoms with E-state index < -0.39 is 5.97 Å². The number of aliphatic carboxylic acids is 1. The van der Waals surface area contributed by atoms with Crippen LogP contribution in [0.15, 0.2) is 0 Å². The van der Waals surface area contributed by atoms with E-state index in [4.69, 9.17) is 0 Å². The number of quaternary nitrogens is 1. The van der Waals surface area contributed by atoms with Crippen LogP contribution in [0.25, 0.3) is 0 Å². The molecule has 0 saturated heterocycles. The molecule has 0 rings (SSSR count). The van der Waals surface area contributed by atoms with Crippen molar-refractivity contribution in [3.05, 3.63) is 0 Å². The van der Waals surface area contributed by atoms with Crippen LogP contribution >= 0.6 is 0 Å². The van der Waals surface area contributed by atoms with Crippen molar-refractivity contribution in [2.45, 2.75) is 77.7 Å². The van der Waals surface area contributed by atoms with Crippen LogP contribution in [0.2, 0.25) is 0 Å². The highest BCUT2D eigenvalue weighted by Crippen LogP contribution is 2.15. The molecule has 3 heteroatoms. The molecule has 0 aromatic carbocycles. The van der Waals surface area contributed by atoms with E-state index in [1.54, 1.807) is 0 Å². The van der Waals surface area contributed by atoms with Gasteiger partial charge in [-0.25, -0.2) is 0 Å². The first-order valence-electron chi connectivity index (χ1n) is 7.92. The molecule has 0 aliphatic heterocycles. The number of unbranched alkanes of at least 4 members (excludes halogenated alkanes) is 7. The highest BCUT2D eigenvalue weighted by Gasteiger charge is 2.23. The first-order chi connectivity index (χ1) is 8.90. The molecule has 0 aromatic rings. The lowest BCUT2D eigenvalue weighted by Gasteiger charge is -2.36. The van der Waals surface area contributed by atoms with Gasteiger partial charge in [0.1, 0.15) is 6.54 Å². The van der Waals surface area contributed by atoms with Crippen LogP contribution in [0, 0.1) is 0 Å². The van der Waals surface area contributed by atoms with Gasteiger partial charge >= 0.3 is 0 Å². The van der Waals surface area contributed by atoms with Gasteiger partial charge in [0, 0.05) is 0 Å². The molecular weight excluding hydrogens is 238 g/mol. The largest absolute Gasteiger partial charge is 0.544 e. The third kappa shape index (κ3) is 9.94. The van der Waals surface area contributed by atoms with Crippen molar-refractivity contribution in [1.82, 2.24) is 0 Å². The minimum absolute atomic E-state index is 0.109. The maximum absolute atomic E-state index is 10.7. The van der Waals surface area contributed by atoms with E-state index in [-0.39, 0.29) is 6.54 Å². The van der Waals surface area contributed by atoms with Crippen molar-refractivity contribution >= 4 is 5.97 Å². The maximum atomic E-state index is 10.7. The summed E-state index contributed by atoms with van der Waals surface area (Å²) >= 11 is 0. The molecule has 19 heavy (non-hydrogen) atoms. The van der Waals surface area contributed by atoms with Gasteiger partial charge in [-0.2, -0.15) is 0 Å². The molecule has 0 aliphatic rings. The minimum Gasteiger partial charge on any atom is -0.544 e. The summed E-state index contributed by atoms with van der Waals surface area (Å²) in [6.07, 6.45) is 11.7. The normalized spacial score (nSPS) is 13.5. The Labute approximate surface area is 119 Å².